The molecule has 0 bridgehead atoms. The van der Waals surface area contributed by atoms with Crippen molar-refractivity contribution in [3.05, 3.63) is 70.2 Å². The fourth-order valence-electron chi connectivity index (χ4n) is 3.09. The van der Waals surface area contributed by atoms with Crippen molar-refractivity contribution in [1.82, 2.24) is 0 Å². The van der Waals surface area contributed by atoms with E-state index in [1.807, 2.05) is 31.2 Å². The van der Waals surface area contributed by atoms with Crippen LogP contribution in [0.4, 0.5) is 0 Å². The molecule has 0 saturated heterocycles. The van der Waals surface area contributed by atoms with E-state index in [0.717, 1.165) is 11.1 Å². The summed E-state index contributed by atoms with van der Waals surface area (Å²) in [6, 6.07) is 14.3. The number of amidine groups is 1. The van der Waals surface area contributed by atoms with E-state index in [4.69, 9.17) is 22.1 Å². The Morgan fingerprint density at radius 2 is 1.72 bits per heavy atom. The third-order valence-electron chi connectivity index (χ3n) is 4.59. The Labute approximate surface area is 174 Å². The largest absolute Gasteiger partial charge is 0.465 e. The number of rotatable bonds is 8. The monoisotopic (exact) mass is 417 g/mol. The van der Waals surface area contributed by atoms with Crippen LogP contribution < -0.4 is 5.73 Å². The average molecular weight is 418 g/mol. The first-order valence-corrected chi connectivity index (χ1v) is 9.46. The second kappa shape index (κ2) is 10.5. The molecule has 2 rings (SSSR count). The van der Waals surface area contributed by atoms with Gasteiger partial charge in [0.2, 0.25) is 0 Å². The van der Waals surface area contributed by atoms with Gasteiger partial charge >= 0.3 is 5.97 Å². The number of nitrogens with two attached hydrogens (primary N) is 1. The van der Waals surface area contributed by atoms with Crippen LogP contribution in [0.1, 0.15) is 36.0 Å². The standard InChI is InChI=1S/C21H24ClN3O4/c1-3-29-21(26)19(20(23)25-28)17(14-6-4-13(2)5-7-14)12-18(24-27)15-8-10-16(22)11-9-15/h4-11,17,19,27-28H,3,12H2,1-2H3,(H2,23,25)/b24-18-. The Morgan fingerprint density at radius 3 is 2.24 bits per heavy atom. The highest BCUT2D eigenvalue weighted by atomic mass is 35.5. The molecule has 2 unspecified atom stereocenters. The van der Waals surface area contributed by atoms with E-state index in [1.54, 1.807) is 31.2 Å². The highest BCUT2D eigenvalue weighted by Gasteiger charge is 2.36. The van der Waals surface area contributed by atoms with Crippen molar-refractivity contribution in [2.45, 2.75) is 26.2 Å². The maximum absolute atomic E-state index is 12.7. The Hall–Kier alpha value is -3.06. The number of hydrogen-bond acceptors (Lipinski definition) is 6. The summed E-state index contributed by atoms with van der Waals surface area (Å²) >= 11 is 5.94. The van der Waals surface area contributed by atoms with Gasteiger partial charge in [-0.05, 0) is 37.1 Å². The minimum absolute atomic E-state index is 0.140. The topological polar surface area (TPSA) is 118 Å². The van der Waals surface area contributed by atoms with E-state index in [2.05, 4.69) is 10.3 Å². The van der Waals surface area contributed by atoms with Crippen LogP contribution in [0.3, 0.4) is 0 Å². The lowest BCUT2D eigenvalue weighted by atomic mass is 9.80. The molecule has 154 valence electrons. The van der Waals surface area contributed by atoms with Crippen molar-refractivity contribution in [2.24, 2.45) is 22.0 Å². The summed E-state index contributed by atoms with van der Waals surface area (Å²) in [6.45, 7) is 3.77. The lowest BCUT2D eigenvalue weighted by Gasteiger charge is -2.25. The molecule has 0 radical (unpaired) electrons. The van der Waals surface area contributed by atoms with Gasteiger partial charge in [0.05, 0.1) is 12.3 Å². The molecule has 0 heterocycles. The molecule has 0 fully saturated rings. The minimum Gasteiger partial charge on any atom is -0.465 e. The summed E-state index contributed by atoms with van der Waals surface area (Å²) in [6.07, 6.45) is 0.140. The lowest BCUT2D eigenvalue weighted by Crippen LogP contribution is -2.37. The van der Waals surface area contributed by atoms with Gasteiger partial charge < -0.3 is 20.9 Å². The third kappa shape index (κ3) is 5.71. The van der Waals surface area contributed by atoms with E-state index in [9.17, 15) is 15.2 Å². The third-order valence-corrected chi connectivity index (χ3v) is 4.85. The highest BCUT2D eigenvalue weighted by Crippen LogP contribution is 2.32. The first kappa shape index (κ1) is 22.2. The smallest absolute Gasteiger partial charge is 0.317 e. The molecule has 7 nitrogen and oxygen atoms in total. The molecule has 2 aromatic carbocycles. The molecule has 8 heteroatoms. The molecular weight excluding hydrogens is 394 g/mol. The van der Waals surface area contributed by atoms with Crippen LogP contribution in [0.15, 0.2) is 58.8 Å². The van der Waals surface area contributed by atoms with Gasteiger partial charge in [-0.3, -0.25) is 4.79 Å². The number of carbonyl (C=O) groups is 1. The van der Waals surface area contributed by atoms with Crippen LogP contribution in [0, 0.1) is 12.8 Å². The van der Waals surface area contributed by atoms with Gasteiger partial charge in [-0.2, -0.15) is 0 Å². The van der Waals surface area contributed by atoms with E-state index in [0.29, 0.717) is 16.3 Å². The summed E-state index contributed by atoms with van der Waals surface area (Å²) < 4.78 is 5.16. The van der Waals surface area contributed by atoms with Gasteiger partial charge in [-0.1, -0.05) is 63.9 Å². The zero-order chi connectivity index (χ0) is 21.4. The number of carbonyl (C=O) groups excluding carboxylic acids is 1. The Balaban J connectivity index is 2.52. The number of hydrogen-bond donors (Lipinski definition) is 3. The van der Waals surface area contributed by atoms with Crippen molar-refractivity contribution in [3.63, 3.8) is 0 Å². The Bertz CT molecular complexity index is 880. The van der Waals surface area contributed by atoms with Crippen LogP contribution in [0.25, 0.3) is 0 Å². The SMILES string of the molecule is CCOC(=O)C(/C(N)=N\O)C(C/C(=N/O)c1ccc(Cl)cc1)c1ccc(C)cc1. The molecule has 2 atom stereocenters. The van der Waals surface area contributed by atoms with Gasteiger partial charge in [0.1, 0.15) is 5.92 Å². The zero-order valence-corrected chi connectivity index (χ0v) is 17.0. The molecule has 0 spiro atoms. The molecule has 0 aliphatic carbocycles. The van der Waals surface area contributed by atoms with Crippen molar-refractivity contribution < 1.29 is 19.9 Å². The van der Waals surface area contributed by atoms with E-state index < -0.39 is 17.8 Å². The molecule has 0 saturated carbocycles. The summed E-state index contributed by atoms with van der Waals surface area (Å²) in [5, 5.41) is 25.9. The van der Waals surface area contributed by atoms with E-state index in [-0.39, 0.29) is 18.9 Å². The van der Waals surface area contributed by atoms with Gasteiger partial charge in [0.15, 0.2) is 5.84 Å². The number of oxime groups is 2. The molecule has 0 aliphatic heterocycles. The average Bonchev–Trinajstić information content (AvgIpc) is 2.72. The van der Waals surface area contributed by atoms with Crippen molar-refractivity contribution in [2.75, 3.05) is 6.61 Å². The first-order chi connectivity index (χ1) is 13.9. The molecule has 29 heavy (non-hydrogen) atoms. The summed E-state index contributed by atoms with van der Waals surface area (Å²) in [7, 11) is 0. The van der Waals surface area contributed by atoms with Gasteiger partial charge in [-0.15, -0.1) is 0 Å². The number of esters is 1. The lowest BCUT2D eigenvalue weighted by molar-refractivity contribution is -0.146. The Morgan fingerprint density at radius 1 is 1.10 bits per heavy atom. The van der Waals surface area contributed by atoms with Crippen LogP contribution in [0.2, 0.25) is 5.02 Å². The number of aryl methyl sites for hydroxylation is 1. The van der Waals surface area contributed by atoms with E-state index >= 15 is 0 Å². The van der Waals surface area contributed by atoms with Crippen molar-refractivity contribution >= 4 is 29.1 Å². The first-order valence-electron chi connectivity index (χ1n) is 9.08. The summed E-state index contributed by atoms with van der Waals surface area (Å²) in [5.41, 5.74) is 8.63. The van der Waals surface area contributed by atoms with Crippen LogP contribution in [-0.2, 0) is 9.53 Å². The fraction of sp³-hybridized carbons (Fsp3) is 0.286. The summed E-state index contributed by atoms with van der Waals surface area (Å²) in [4.78, 5) is 12.7. The number of benzene rings is 2. The normalized spacial score (nSPS) is 14.3. The fourth-order valence-corrected chi connectivity index (χ4v) is 3.22. The molecule has 0 aromatic heterocycles. The van der Waals surface area contributed by atoms with Gasteiger partial charge in [0.25, 0.3) is 0 Å². The van der Waals surface area contributed by atoms with Crippen molar-refractivity contribution in [3.8, 4) is 0 Å². The maximum Gasteiger partial charge on any atom is 0.317 e. The molecule has 0 aliphatic rings. The second-order valence-electron chi connectivity index (χ2n) is 6.53. The Kier molecular flexibility index (Phi) is 8.03. The van der Waals surface area contributed by atoms with Crippen LogP contribution >= 0.6 is 11.6 Å². The molecular formula is C21H24ClN3O4. The van der Waals surface area contributed by atoms with Gasteiger partial charge in [-0.25, -0.2) is 0 Å². The maximum atomic E-state index is 12.7. The molecule has 4 N–H and O–H groups in total. The number of nitrogens with zero attached hydrogens (tertiary/aromatic N) is 2. The molecule has 0 amide bonds. The minimum atomic E-state index is -1.06. The summed E-state index contributed by atoms with van der Waals surface area (Å²) in [5.74, 6) is -2.55. The second-order valence-corrected chi connectivity index (χ2v) is 6.97. The number of ether oxygens (including phenoxy) is 1. The van der Waals surface area contributed by atoms with Crippen LogP contribution in [-0.4, -0.2) is 34.5 Å². The quantitative estimate of drug-likeness (QED) is 0.198. The molecule has 2 aromatic rings. The zero-order valence-electron chi connectivity index (χ0n) is 16.2. The van der Waals surface area contributed by atoms with E-state index in [1.165, 1.54) is 0 Å². The van der Waals surface area contributed by atoms with Crippen molar-refractivity contribution in [1.29, 1.82) is 0 Å². The predicted octanol–water partition coefficient (Wildman–Crippen LogP) is 3.93. The number of halogens is 1. The van der Waals surface area contributed by atoms with Crippen LogP contribution in [0.5, 0.6) is 0 Å². The predicted molar refractivity (Wildman–Crippen MR) is 112 cm³/mol. The van der Waals surface area contributed by atoms with Gasteiger partial charge in [0, 0.05) is 17.4 Å². The highest BCUT2D eigenvalue weighted by molar-refractivity contribution is 6.30.